The largest absolute Gasteiger partial charge is 0.635 e. The molecule has 0 aliphatic carbocycles. The lowest BCUT2D eigenvalue weighted by molar-refractivity contribution is -0.834. The Morgan fingerprint density at radius 1 is 0.647 bits per heavy atom. The lowest BCUT2D eigenvalue weighted by atomic mass is 10.5. The van der Waals surface area contributed by atoms with Gasteiger partial charge in [-0.1, -0.05) is 8.78 Å². The normalized spacial score (nSPS) is 11.1. The minimum Gasteiger partial charge on any atom is -0.358 e. The minimum atomic E-state index is -3.97. The van der Waals surface area contributed by atoms with Crippen molar-refractivity contribution >= 4 is 11.6 Å². The molecule has 0 unspecified atom stereocenters. The number of alkyl halides is 2. The molecule has 0 spiro atoms. The minimum absolute atomic E-state index is 0.420. The van der Waals surface area contributed by atoms with Crippen molar-refractivity contribution in [2.75, 3.05) is 0 Å². The highest BCUT2D eigenvalue weighted by molar-refractivity contribution is 5.14. The summed E-state index contributed by atoms with van der Waals surface area (Å²) in [6.07, 6.45) is 1.67. The Balaban J connectivity index is 0.000000340. The molecule has 22 nitrogen and oxygen atoms in total. The lowest BCUT2D eigenvalue weighted by Gasteiger charge is -2.05. The zero-order valence-electron chi connectivity index (χ0n) is 15.9. The van der Waals surface area contributed by atoms with Crippen molar-refractivity contribution in [3.8, 4) is 0 Å². The highest BCUT2D eigenvalue weighted by Gasteiger charge is 2.60. The van der Waals surface area contributed by atoms with Gasteiger partial charge in [0.2, 0.25) is 13.1 Å². The van der Waals surface area contributed by atoms with E-state index in [0.29, 0.717) is 9.36 Å². The first-order chi connectivity index (χ1) is 15.5. The molecule has 2 heterocycles. The fourth-order valence-electron chi connectivity index (χ4n) is 1.85. The third-order valence-electron chi connectivity index (χ3n) is 3.47. The molecule has 184 valence electrons. The van der Waals surface area contributed by atoms with Crippen LogP contribution in [0.5, 0.6) is 0 Å². The summed E-state index contributed by atoms with van der Waals surface area (Å²) in [5, 5.41) is 67.6. The first-order valence-electron chi connectivity index (χ1n) is 7.86. The maximum atomic E-state index is 13.3. The molecule has 0 amide bonds. The zero-order valence-corrected chi connectivity index (χ0v) is 15.9. The van der Waals surface area contributed by atoms with E-state index in [1.807, 2.05) is 0 Å². The third kappa shape index (κ3) is 5.88. The summed E-state index contributed by atoms with van der Waals surface area (Å²) < 4.78 is 27.4. The highest BCUT2D eigenvalue weighted by atomic mass is 19.2. The fraction of sp³-hybridized carbons (Fsp3) is 0.400. The van der Waals surface area contributed by atoms with Crippen LogP contribution in [0.4, 0.5) is 20.4 Å². The predicted octanol–water partition coefficient (Wildman–Crippen LogP) is -0.0640. The first-order valence-corrected chi connectivity index (χ1v) is 7.86. The molecule has 0 atom stereocenters. The van der Waals surface area contributed by atoms with Gasteiger partial charge in [-0.05, 0) is 9.85 Å². The van der Waals surface area contributed by atoms with E-state index in [4.69, 9.17) is 0 Å². The van der Waals surface area contributed by atoms with Gasteiger partial charge in [0.25, 0.3) is 0 Å². The van der Waals surface area contributed by atoms with Gasteiger partial charge in [-0.15, -0.1) is 0 Å². The molecule has 0 aliphatic rings. The molecule has 2 aromatic heterocycles. The highest BCUT2D eigenvalue weighted by Crippen LogP contribution is 2.18. The number of halogens is 2. The van der Waals surface area contributed by atoms with Crippen LogP contribution in [0.15, 0.2) is 24.5 Å². The molecule has 2 rings (SSSR count). The fourth-order valence-corrected chi connectivity index (χ4v) is 1.85. The number of nitro groups is 6. The molecular weight excluding hydrogens is 490 g/mol. The summed E-state index contributed by atoms with van der Waals surface area (Å²) in [7, 11) is 0. The number of hydrogen-bond acceptors (Lipinski definition) is 14. The molecule has 24 heteroatoms. The Morgan fingerprint density at radius 3 is 1.09 bits per heavy atom. The summed E-state index contributed by atoms with van der Waals surface area (Å²) in [6, 6.07) is 1.67. The van der Waals surface area contributed by atoms with E-state index >= 15 is 0 Å². The van der Waals surface area contributed by atoms with Crippen LogP contribution in [0.1, 0.15) is 0 Å². The van der Waals surface area contributed by atoms with Crippen molar-refractivity contribution in [3.63, 3.8) is 0 Å². The van der Waals surface area contributed by atoms with Crippen molar-refractivity contribution in [3.05, 3.63) is 85.2 Å². The van der Waals surface area contributed by atoms with Gasteiger partial charge in [0.1, 0.15) is 19.7 Å². The molecule has 0 saturated carbocycles. The number of nitrogens with zero attached hydrogens (tertiary/aromatic N) is 10. The van der Waals surface area contributed by atoms with Crippen LogP contribution in [0.2, 0.25) is 0 Å². The quantitative estimate of drug-likeness (QED) is 0.179. The van der Waals surface area contributed by atoms with Gasteiger partial charge in [-0.2, -0.15) is 9.36 Å². The average Bonchev–Trinajstić information content (AvgIpc) is 3.37. The van der Waals surface area contributed by atoms with Crippen LogP contribution in [0, 0.1) is 60.7 Å². The molecule has 0 bridgehead atoms. The molecule has 2 aromatic rings. The van der Waals surface area contributed by atoms with Crippen molar-refractivity contribution in [1.82, 2.24) is 19.6 Å². The second-order valence-corrected chi connectivity index (χ2v) is 5.72. The van der Waals surface area contributed by atoms with Gasteiger partial charge in [0.05, 0.1) is 34.7 Å². The van der Waals surface area contributed by atoms with Gasteiger partial charge in [-0.3, -0.25) is 40.5 Å². The van der Waals surface area contributed by atoms with Gasteiger partial charge >= 0.3 is 23.5 Å². The van der Waals surface area contributed by atoms with E-state index in [9.17, 15) is 69.5 Å². The van der Waals surface area contributed by atoms with Crippen molar-refractivity contribution < 1.29 is 38.3 Å². The van der Waals surface area contributed by atoms with Crippen LogP contribution in [-0.2, 0) is 13.1 Å². The Labute approximate surface area is 180 Å². The van der Waals surface area contributed by atoms with Gasteiger partial charge < -0.3 is 20.2 Å². The Hall–Kier alpha value is -5.32. The predicted molar refractivity (Wildman–Crippen MR) is 93.4 cm³/mol. The first kappa shape index (κ1) is 26.7. The summed E-state index contributed by atoms with van der Waals surface area (Å²) >= 11 is 0. The van der Waals surface area contributed by atoms with Crippen LogP contribution in [-0.4, -0.2) is 60.9 Å². The second kappa shape index (κ2) is 9.87. The molecule has 0 fully saturated rings. The van der Waals surface area contributed by atoms with Crippen molar-refractivity contribution in [1.29, 1.82) is 0 Å². The second-order valence-electron chi connectivity index (χ2n) is 5.72. The molecule has 0 N–H and O–H groups in total. The van der Waals surface area contributed by atoms with Gasteiger partial charge in [0, 0.05) is 0 Å². The maximum absolute atomic E-state index is 13.3. The number of aromatic nitrogens is 4. The molecule has 0 aromatic carbocycles. The lowest BCUT2D eigenvalue weighted by Crippen LogP contribution is -2.45. The molecular formula is C10H8F2N10O12. The van der Waals surface area contributed by atoms with Gasteiger partial charge in [-0.25, -0.2) is 0 Å². The van der Waals surface area contributed by atoms with E-state index < -0.39 is 66.1 Å². The summed E-state index contributed by atoms with van der Waals surface area (Å²) in [5.74, 6) is -9.34. The SMILES string of the molecule is O=[N+]([O-])c1ccn(CC(F)([N+](=O)[O-])[N+](=O)[O-])n1.O=[N+]([O-])c1ccn(CC(F)([N+](=O)[O-])[N+](=O)[O-])n1. The van der Waals surface area contributed by atoms with E-state index in [1.54, 1.807) is 0 Å². The van der Waals surface area contributed by atoms with Crippen LogP contribution >= 0.6 is 0 Å². The molecule has 34 heavy (non-hydrogen) atoms. The Kier molecular flexibility index (Phi) is 7.76. The maximum Gasteiger partial charge on any atom is 0.635 e. The van der Waals surface area contributed by atoms with Crippen LogP contribution < -0.4 is 0 Å². The van der Waals surface area contributed by atoms with Crippen molar-refractivity contribution in [2.45, 2.75) is 24.9 Å². The van der Waals surface area contributed by atoms with E-state index in [2.05, 4.69) is 10.2 Å². The van der Waals surface area contributed by atoms with Crippen molar-refractivity contribution in [2.24, 2.45) is 0 Å². The van der Waals surface area contributed by atoms with Crippen LogP contribution in [0.25, 0.3) is 0 Å². The standard InChI is InChI=1S/2C5H4FN5O6/c2*6-5(10(14)15,11(16)17)3-8-2-1-4(7-8)9(12)13/h2*1-2H,3H2. The molecule has 0 aliphatic heterocycles. The smallest absolute Gasteiger partial charge is 0.358 e. The zero-order chi connectivity index (χ0) is 26.4. The monoisotopic (exact) mass is 498 g/mol. The Bertz CT molecular complexity index is 1030. The van der Waals surface area contributed by atoms with Crippen LogP contribution in [0.3, 0.4) is 0 Å². The summed E-state index contributed by atoms with van der Waals surface area (Å²) in [4.78, 5) is 52.5. The topological polar surface area (TPSA) is 294 Å². The number of hydrogen-bond donors (Lipinski definition) is 0. The number of rotatable bonds is 10. The Morgan fingerprint density at radius 2 is 0.912 bits per heavy atom. The summed E-state index contributed by atoms with van der Waals surface area (Å²) in [6.45, 7) is -2.72. The van der Waals surface area contributed by atoms with E-state index in [0.717, 1.165) is 24.5 Å². The average molecular weight is 498 g/mol. The van der Waals surface area contributed by atoms with E-state index in [-0.39, 0.29) is 0 Å². The van der Waals surface area contributed by atoms with Gasteiger partial charge in [0.15, 0.2) is 0 Å². The molecule has 0 radical (unpaired) electrons. The third-order valence-corrected chi connectivity index (χ3v) is 3.47. The van der Waals surface area contributed by atoms with E-state index in [1.165, 1.54) is 0 Å². The molecule has 0 saturated heterocycles. The summed E-state index contributed by atoms with van der Waals surface area (Å²) in [5.41, 5.74) is 0.